The van der Waals surface area contributed by atoms with Crippen LogP contribution >= 0.6 is 0 Å². The van der Waals surface area contributed by atoms with Crippen molar-refractivity contribution in [2.24, 2.45) is 0 Å². The van der Waals surface area contributed by atoms with Gasteiger partial charge in [0.1, 0.15) is 5.82 Å². The van der Waals surface area contributed by atoms with E-state index in [9.17, 15) is 8.42 Å². The molecular weight excluding hydrogens is 264 g/mol. The minimum Gasteiger partial charge on any atom is -0.396 e. The predicted octanol–water partition coefficient (Wildman–Crippen LogP) is 1.57. The van der Waals surface area contributed by atoms with Gasteiger partial charge in [0, 0.05) is 18.6 Å². The molecule has 0 aliphatic carbocycles. The fourth-order valence-corrected chi connectivity index (χ4v) is 2.64. The molecular formula is C12H16N4O2S. The van der Waals surface area contributed by atoms with Gasteiger partial charge in [-0.1, -0.05) is 6.07 Å². The molecule has 7 heteroatoms. The number of rotatable bonds is 4. The van der Waals surface area contributed by atoms with Crippen molar-refractivity contribution in [3.8, 4) is 0 Å². The van der Waals surface area contributed by atoms with E-state index >= 15 is 0 Å². The van der Waals surface area contributed by atoms with E-state index in [0.29, 0.717) is 5.69 Å². The van der Waals surface area contributed by atoms with Crippen LogP contribution in [0.15, 0.2) is 35.5 Å². The van der Waals surface area contributed by atoms with Crippen LogP contribution in [0, 0.1) is 0 Å². The van der Waals surface area contributed by atoms with Crippen molar-refractivity contribution in [3.63, 3.8) is 0 Å². The quantitative estimate of drug-likeness (QED) is 0.738. The number of nitrogens with one attached hydrogen (secondary N) is 2. The smallest absolute Gasteiger partial charge is 0.177 e. The van der Waals surface area contributed by atoms with Crippen LogP contribution in [0.2, 0.25) is 0 Å². The number of hydrogen-bond acceptors (Lipinski definition) is 5. The van der Waals surface area contributed by atoms with E-state index in [1.807, 2.05) is 6.92 Å². The highest BCUT2D eigenvalue weighted by Gasteiger charge is 2.16. The predicted molar refractivity (Wildman–Crippen MR) is 74.6 cm³/mol. The third kappa shape index (κ3) is 2.87. The number of anilines is 2. The molecule has 4 N–H and O–H groups in total. The molecule has 0 saturated carbocycles. The van der Waals surface area contributed by atoms with Crippen LogP contribution in [0.1, 0.15) is 18.8 Å². The summed E-state index contributed by atoms with van der Waals surface area (Å²) in [6.07, 6.45) is 4.52. The first-order valence-electron chi connectivity index (χ1n) is 5.74. The van der Waals surface area contributed by atoms with Crippen molar-refractivity contribution in [2.75, 3.05) is 17.3 Å². The van der Waals surface area contributed by atoms with Crippen LogP contribution in [0.3, 0.4) is 0 Å². The van der Waals surface area contributed by atoms with Gasteiger partial charge in [-0.05, 0) is 19.1 Å². The summed E-state index contributed by atoms with van der Waals surface area (Å²) in [7, 11) is -3.33. The molecule has 0 saturated heterocycles. The largest absolute Gasteiger partial charge is 0.396 e. The molecule has 1 aromatic carbocycles. The lowest BCUT2D eigenvalue weighted by atomic mass is 10.2. The number of nitrogens with two attached hydrogens (primary N) is 1. The summed E-state index contributed by atoms with van der Waals surface area (Å²) < 4.78 is 23.2. The van der Waals surface area contributed by atoms with Gasteiger partial charge in [-0.3, -0.25) is 0 Å². The maximum absolute atomic E-state index is 11.6. The Morgan fingerprint density at radius 1 is 1.42 bits per heavy atom. The van der Waals surface area contributed by atoms with E-state index in [1.165, 1.54) is 6.07 Å². The van der Waals surface area contributed by atoms with E-state index in [1.54, 1.807) is 24.5 Å². The Morgan fingerprint density at radius 2 is 2.16 bits per heavy atom. The Morgan fingerprint density at radius 3 is 2.74 bits per heavy atom. The Labute approximate surface area is 112 Å². The lowest BCUT2D eigenvalue weighted by Gasteiger charge is -2.16. The number of para-hydroxylation sites is 1. The Bertz CT molecular complexity index is 665. The highest BCUT2D eigenvalue weighted by atomic mass is 32.2. The Kier molecular flexibility index (Phi) is 3.48. The number of H-pyrrole nitrogens is 1. The van der Waals surface area contributed by atoms with Crippen molar-refractivity contribution in [1.82, 2.24) is 9.97 Å². The number of hydrogen-bond donors (Lipinski definition) is 3. The first kappa shape index (κ1) is 13.4. The zero-order chi connectivity index (χ0) is 14.0. The number of benzene rings is 1. The maximum Gasteiger partial charge on any atom is 0.177 e. The second-order valence-corrected chi connectivity index (χ2v) is 6.31. The molecule has 19 heavy (non-hydrogen) atoms. The maximum atomic E-state index is 11.6. The molecule has 1 atom stereocenters. The molecule has 0 spiro atoms. The zero-order valence-corrected chi connectivity index (χ0v) is 11.5. The molecule has 0 aliphatic rings. The van der Waals surface area contributed by atoms with Crippen molar-refractivity contribution < 1.29 is 8.42 Å². The number of aromatic nitrogens is 2. The van der Waals surface area contributed by atoms with E-state index in [-0.39, 0.29) is 16.6 Å². The van der Waals surface area contributed by atoms with Crippen LogP contribution < -0.4 is 11.1 Å². The number of aromatic amines is 1. The van der Waals surface area contributed by atoms with Crippen molar-refractivity contribution in [2.45, 2.75) is 17.9 Å². The number of sulfone groups is 1. The third-order valence-electron chi connectivity index (χ3n) is 2.77. The first-order valence-corrected chi connectivity index (χ1v) is 7.63. The van der Waals surface area contributed by atoms with Gasteiger partial charge in [-0.2, -0.15) is 0 Å². The summed E-state index contributed by atoms with van der Waals surface area (Å²) in [5, 5.41) is 3.14. The van der Waals surface area contributed by atoms with Crippen LogP contribution in [0.25, 0.3) is 0 Å². The summed E-state index contributed by atoms with van der Waals surface area (Å²) in [4.78, 5) is 7.25. The highest BCUT2D eigenvalue weighted by Crippen LogP contribution is 2.28. The fourth-order valence-electron chi connectivity index (χ4n) is 1.81. The molecule has 2 rings (SSSR count). The summed E-state index contributed by atoms with van der Waals surface area (Å²) in [6, 6.07) is 4.79. The van der Waals surface area contributed by atoms with Crippen LogP contribution in [0.5, 0.6) is 0 Å². The Balaban J connectivity index is 2.32. The van der Waals surface area contributed by atoms with Gasteiger partial charge in [-0.25, -0.2) is 13.4 Å². The van der Waals surface area contributed by atoms with Gasteiger partial charge in [0.25, 0.3) is 0 Å². The van der Waals surface area contributed by atoms with Gasteiger partial charge in [0.15, 0.2) is 9.84 Å². The molecule has 0 amide bonds. The third-order valence-corrected chi connectivity index (χ3v) is 3.92. The topological polar surface area (TPSA) is 101 Å². The summed E-state index contributed by atoms with van der Waals surface area (Å²) in [6.45, 7) is 1.91. The van der Waals surface area contributed by atoms with Crippen LogP contribution in [-0.4, -0.2) is 24.6 Å². The minimum absolute atomic E-state index is 0.105. The Hall–Kier alpha value is -2.02. The van der Waals surface area contributed by atoms with E-state index < -0.39 is 9.84 Å². The summed E-state index contributed by atoms with van der Waals surface area (Å²) in [5.74, 6) is 0.754. The molecule has 2 aromatic rings. The second kappa shape index (κ2) is 4.93. The van der Waals surface area contributed by atoms with Crippen LogP contribution in [0.4, 0.5) is 11.4 Å². The van der Waals surface area contributed by atoms with E-state index in [2.05, 4.69) is 15.3 Å². The molecule has 0 fully saturated rings. The molecule has 0 aliphatic heterocycles. The van der Waals surface area contributed by atoms with Crippen molar-refractivity contribution in [3.05, 3.63) is 36.4 Å². The molecule has 1 unspecified atom stereocenters. The standard InChI is InChI=1S/C12H16N4O2S/c1-8(12-14-6-7-15-12)16-9-4-3-5-10(11(9)13)19(2,17)18/h3-8,16H,13H2,1-2H3,(H,14,15). The molecule has 1 aromatic heterocycles. The normalized spacial score (nSPS) is 13.2. The summed E-state index contributed by atoms with van der Waals surface area (Å²) >= 11 is 0. The number of nitrogens with zero attached hydrogens (tertiary/aromatic N) is 1. The zero-order valence-electron chi connectivity index (χ0n) is 10.7. The highest BCUT2D eigenvalue weighted by molar-refractivity contribution is 7.90. The summed E-state index contributed by atoms with van der Waals surface area (Å²) in [5.41, 5.74) is 6.70. The average Bonchev–Trinajstić information content (AvgIpc) is 2.83. The van der Waals surface area contributed by atoms with Gasteiger partial charge in [0.2, 0.25) is 0 Å². The molecule has 0 bridgehead atoms. The van der Waals surface area contributed by atoms with Crippen LogP contribution in [-0.2, 0) is 9.84 Å². The molecule has 6 nitrogen and oxygen atoms in total. The van der Waals surface area contributed by atoms with Crippen molar-refractivity contribution in [1.29, 1.82) is 0 Å². The minimum atomic E-state index is -3.33. The number of imidazole rings is 1. The molecule has 102 valence electrons. The van der Waals surface area contributed by atoms with Gasteiger partial charge in [0.05, 0.1) is 22.3 Å². The molecule has 0 radical (unpaired) electrons. The monoisotopic (exact) mass is 280 g/mol. The van der Waals surface area contributed by atoms with E-state index in [4.69, 9.17) is 5.73 Å². The van der Waals surface area contributed by atoms with Crippen molar-refractivity contribution >= 4 is 21.2 Å². The lowest BCUT2D eigenvalue weighted by molar-refractivity contribution is 0.602. The SMILES string of the molecule is CC(Nc1cccc(S(C)(=O)=O)c1N)c1ncc[nH]1. The number of nitrogen functional groups attached to an aromatic ring is 1. The fraction of sp³-hybridized carbons (Fsp3) is 0.250. The lowest BCUT2D eigenvalue weighted by Crippen LogP contribution is -2.12. The first-order chi connectivity index (χ1) is 8.89. The molecule has 1 heterocycles. The second-order valence-electron chi connectivity index (χ2n) is 4.33. The average molecular weight is 280 g/mol. The van der Waals surface area contributed by atoms with Gasteiger partial charge >= 0.3 is 0 Å². The van der Waals surface area contributed by atoms with E-state index in [0.717, 1.165) is 12.1 Å². The van der Waals surface area contributed by atoms with Gasteiger partial charge < -0.3 is 16.0 Å². The van der Waals surface area contributed by atoms with Gasteiger partial charge in [-0.15, -0.1) is 0 Å².